The van der Waals surface area contributed by atoms with E-state index < -0.39 is 53.7 Å². The van der Waals surface area contributed by atoms with Gasteiger partial charge in [-0.2, -0.15) is 0 Å². The van der Waals surface area contributed by atoms with Crippen LogP contribution in [0.1, 0.15) is 34.1 Å². The third-order valence-corrected chi connectivity index (χ3v) is 5.15. The summed E-state index contributed by atoms with van der Waals surface area (Å²) in [4.78, 5) is 0. The second-order valence-electron chi connectivity index (χ2n) is 5.73. The average Bonchev–Trinajstić information content (AvgIpc) is 2.55. The average molecular weight is 399 g/mol. The number of nitrogens with zero attached hydrogens (tertiary/aromatic N) is 1. The molecule has 0 aliphatic rings. The first-order valence-electron chi connectivity index (χ1n) is 8.34. The summed E-state index contributed by atoms with van der Waals surface area (Å²) in [6, 6.07) is 0. The molecule has 0 rings (SSSR count). The molecular weight excluding hydrogens is 369 g/mol. The largest absolute Gasteiger partial charge is 0.748 e. The van der Waals surface area contributed by atoms with Crippen molar-refractivity contribution in [3.05, 3.63) is 0 Å². The van der Waals surface area contributed by atoms with Crippen LogP contribution in [-0.4, -0.2) is 80.7 Å². The fourth-order valence-corrected chi connectivity index (χ4v) is 2.86. The number of halogens is 5. The van der Waals surface area contributed by atoms with Crippen LogP contribution >= 0.6 is 0 Å². The SMILES string of the molecule is CC[N+](CC)(CC)CC.O=S(=O)([O-])CC(F)C(F)C(F)C(F)CCF. The Balaban J connectivity index is 0. The molecule has 0 bridgehead atoms. The third kappa shape index (κ3) is 11.0. The van der Waals surface area contributed by atoms with Crippen LogP contribution in [0, 0.1) is 0 Å². The quantitative estimate of drug-likeness (QED) is 0.305. The van der Waals surface area contributed by atoms with Crippen LogP contribution in [0.5, 0.6) is 0 Å². The van der Waals surface area contributed by atoms with Gasteiger partial charge in [-0.25, -0.2) is 26.0 Å². The zero-order chi connectivity index (χ0) is 20.3. The Morgan fingerprint density at radius 1 is 0.840 bits per heavy atom. The minimum Gasteiger partial charge on any atom is -0.748 e. The highest BCUT2D eigenvalue weighted by molar-refractivity contribution is 7.85. The van der Waals surface area contributed by atoms with E-state index in [1.807, 2.05) is 0 Å². The van der Waals surface area contributed by atoms with Crippen molar-refractivity contribution in [2.75, 3.05) is 38.6 Å². The second-order valence-corrected chi connectivity index (χ2v) is 7.18. The van der Waals surface area contributed by atoms with Crippen LogP contribution in [0.15, 0.2) is 0 Å². The molecule has 4 nitrogen and oxygen atoms in total. The number of alkyl halides is 5. The van der Waals surface area contributed by atoms with Crippen LogP contribution in [0.25, 0.3) is 0 Å². The number of hydrogen-bond donors (Lipinski definition) is 0. The summed E-state index contributed by atoms with van der Waals surface area (Å²) in [6.45, 7) is 13.0. The molecule has 0 saturated carbocycles. The van der Waals surface area contributed by atoms with Crippen molar-refractivity contribution in [1.29, 1.82) is 0 Å². The fourth-order valence-electron chi connectivity index (χ4n) is 2.29. The molecule has 0 aromatic heterocycles. The van der Waals surface area contributed by atoms with Crippen molar-refractivity contribution >= 4 is 10.1 Å². The molecule has 0 saturated heterocycles. The summed E-state index contributed by atoms with van der Waals surface area (Å²) in [5, 5.41) is 0. The highest BCUT2D eigenvalue weighted by Crippen LogP contribution is 2.20. The van der Waals surface area contributed by atoms with Crippen molar-refractivity contribution in [3.63, 3.8) is 0 Å². The van der Waals surface area contributed by atoms with Gasteiger partial charge in [-0.15, -0.1) is 0 Å². The van der Waals surface area contributed by atoms with Gasteiger partial charge in [0.25, 0.3) is 0 Å². The molecule has 0 fully saturated rings. The van der Waals surface area contributed by atoms with Gasteiger partial charge < -0.3 is 9.04 Å². The standard InChI is InChI=1S/C8H20N.C7H11F5O3S/c1-5-9(6-2,7-3)8-4;8-2-1-4(9)6(11)7(12)5(10)3-16(13,14)15/h5-8H2,1-4H3;4-7H,1-3H2,(H,13,14,15)/q+1;/p-1. The van der Waals surface area contributed by atoms with Gasteiger partial charge in [0, 0.05) is 6.42 Å². The molecule has 4 atom stereocenters. The van der Waals surface area contributed by atoms with Gasteiger partial charge in [0.05, 0.1) is 48.7 Å². The maximum Gasteiger partial charge on any atom is 0.166 e. The Morgan fingerprint density at radius 3 is 1.44 bits per heavy atom. The molecule has 0 radical (unpaired) electrons. The molecule has 4 unspecified atom stereocenters. The Bertz CT molecular complexity index is 417. The number of rotatable bonds is 11. The molecule has 0 heterocycles. The second kappa shape index (κ2) is 12.8. The molecule has 0 N–H and O–H groups in total. The van der Waals surface area contributed by atoms with E-state index in [2.05, 4.69) is 27.7 Å². The minimum atomic E-state index is -5.07. The van der Waals surface area contributed by atoms with E-state index in [4.69, 9.17) is 0 Å². The van der Waals surface area contributed by atoms with Crippen molar-refractivity contribution in [1.82, 2.24) is 0 Å². The smallest absolute Gasteiger partial charge is 0.166 e. The minimum absolute atomic E-state index is 0.960. The lowest BCUT2D eigenvalue weighted by Crippen LogP contribution is -2.47. The molecule has 0 amide bonds. The molecule has 10 heteroatoms. The van der Waals surface area contributed by atoms with Crippen molar-refractivity contribution in [2.24, 2.45) is 0 Å². The first-order valence-corrected chi connectivity index (χ1v) is 9.92. The molecule has 154 valence electrons. The van der Waals surface area contributed by atoms with Crippen molar-refractivity contribution < 1.29 is 39.4 Å². The topological polar surface area (TPSA) is 57.2 Å². The van der Waals surface area contributed by atoms with Crippen molar-refractivity contribution in [3.8, 4) is 0 Å². The maximum atomic E-state index is 12.8. The Morgan fingerprint density at radius 2 is 1.20 bits per heavy atom. The van der Waals surface area contributed by atoms with Gasteiger partial charge in [-0.05, 0) is 27.7 Å². The number of quaternary nitrogens is 1. The van der Waals surface area contributed by atoms with E-state index in [9.17, 15) is 34.9 Å². The van der Waals surface area contributed by atoms with E-state index in [0.29, 0.717) is 0 Å². The molecule has 0 spiro atoms. The van der Waals surface area contributed by atoms with Gasteiger partial charge in [-0.3, -0.25) is 4.39 Å². The normalized spacial score (nSPS) is 17.2. The molecule has 0 aliphatic carbocycles. The zero-order valence-electron chi connectivity index (χ0n) is 15.2. The zero-order valence-corrected chi connectivity index (χ0v) is 16.0. The van der Waals surface area contributed by atoms with Crippen molar-refractivity contribution in [2.45, 2.75) is 58.8 Å². The van der Waals surface area contributed by atoms with Crippen LogP contribution in [0.3, 0.4) is 0 Å². The predicted octanol–water partition coefficient (Wildman–Crippen LogP) is 3.13. The fraction of sp³-hybridized carbons (Fsp3) is 1.00. The first kappa shape index (κ1) is 26.7. The predicted molar refractivity (Wildman–Crippen MR) is 87.2 cm³/mol. The number of hydrogen-bond acceptors (Lipinski definition) is 3. The lowest BCUT2D eigenvalue weighted by molar-refractivity contribution is -0.921. The van der Waals surface area contributed by atoms with Crippen LogP contribution < -0.4 is 0 Å². The highest BCUT2D eigenvalue weighted by atomic mass is 32.2. The van der Waals surface area contributed by atoms with E-state index in [1.54, 1.807) is 0 Å². The summed E-state index contributed by atoms with van der Waals surface area (Å²) in [6.07, 6.45) is -12.6. The summed E-state index contributed by atoms with van der Waals surface area (Å²) < 4.78 is 93.7. The van der Waals surface area contributed by atoms with Crippen LogP contribution in [0.4, 0.5) is 22.0 Å². The molecule has 0 aliphatic heterocycles. The van der Waals surface area contributed by atoms with Gasteiger partial charge in [0.15, 0.2) is 12.3 Å². The molecular formula is C15H30F5NO3S. The summed E-state index contributed by atoms with van der Waals surface area (Å²) >= 11 is 0. The Labute approximate surface area is 147 Å². The molecule has 25 heavy (non-hydrogen) atoms. The highest BCUT2D eigenvalue weighted by Gasteiger charge is 2.36. The third-order valence-electron chi connectivity index (χ3n) is 4.43. The Hall–Kier alpha value is -0.480. The lowest BCUT2D eigenvalue weighted by atomic mass is 10.1. The van der Waals surface area contributed by atoms with E-state index in [1.165, 1.54) is 30.7 Å². The monoisotopic (exact) mass is 399 g/mol. The van der Waals surface area contributed by atoms with Crippen LogP contribution in [-0.2, 0) is 10.1 Å². The van der Waals surface area contributed by atoms with Crippen LogP contribution in [0.2, 0.25) is 0 Å². The summed E-state index contributed by atoms with van der Waals surface area (Å²) in [5.41, 5.74) is 0. The van der Waals surface area contributed by atoms with Gasteiger partial charge in [0.1, 0.15) is 12.3 Å². The van der Waals surface area contributed by atoms with Gasteiger partial charge in [0.2, 0.25) is 0 Å². The Kier molecular flexibility index (Phi) is 13.7. The van der Waals surface area contributed by atoms with Gasteiger partial charge >= 0.3 is 0 Å². The first-order chi connectivity index (χ1) is 11.4. The summed E-state index contributed by atoms with van der Waals surface area (Å²) in [7, 11) is -5.07. The maximum absolute atomic E-state index is 12.8. The van der Waals surface area contributed by atoms with E-state index in [0.717, 1.165) is 0 Å². The summed E-state index contributed by atoms with van der Waals surface area (Å²) in [5.74, 6) is -1.78. The molecule has 0 aromatic carbocycles. The van der Waals surface area contributed by atoms with E-state index in [-0.39, 0.29) is 0 Å². The molecule has 0 aromatic rings. The van der Waals surface area contributed by atoms with Gasteiger partial charge in [-0.1, -0.05) is 0 Å². The van der Waals surface area contributed by atoms with E-state index >= 15 is 0 Å². The lowest BCUT2D eigenvalue weighted by Gasteiger charge is -2.34.